The van der Waals surface area contributed by atoms with Crippen LogP contribution < -0.4 is 0 Å². The van der Waals surface area contributed by atoms with Gasteiger partial charge in [0.25, 0.3) is 0 Å². The van der Waals surface area contributed by atoms with Crippen molar-refractivity contribution in [3.8, 4) is 0 Å². The Morgan fingerprint density at radius 3 is 1.13 bits per heavy atom. The van der Waals surface area contributed by atoms with Gasteiger partial charge in [0.15, 0.2) is 0 Å². The van der Waals surface area contributed by atoms with E-state index in [9.17, 15) is 0 Å². The molecule has 4 nitrogen and oxygen atoms in total. The van der Waals surface area contributed by atoms with Crippen molar-refractivity contribution >= 4 is 0 Å². The molecule has 0 rings (SSSR count). The molecule has 0 aliphatic heterocycles. The molecule has 0 aliphatic rings. The van der Waals surface area contributed by atoms with E-state index >= 15 is 0 Å². The molecule has 0 saturated carbocycles. The van der Waals surface area contributed by atoms with E-state index < -0.39 is 18.2 Å². The van der Waals surface area contributed by atoms with E-state index in [2.05, 4.69) is 125 Å². The van der Waals surface area contributed by atoms with Crippen molar-refractivity contribution in [3.05, 3.63) is 16.6 Å². The van der Waals surface area contributed by atoms with E-state index in [0.717, 1.165) is 6.42 Å². The van der Waals surface area contributed by atoms with E-state index in [-0.39, 0.29) is 28.3 Å². The predicted octanol–water partition coefficient (Wildman–Crippen LogP) is 9.36. The Kier molecular flexibility index (Phi) is 17.5. The van der Waals surface area contributed by atoms with Gasteiger partial charge in [-0.05, 0) is 0 Å². The molecular formula is C25H55MoN4-3. The summed E-state index contributed by atoms with van der Waals surface area (Å²) in [6, 6.07) is 0. The molecule has 30 heavy (non-hydrogen) atoms. The van der Waals surface area contributed by atoms with Crippen LogP contribution in [0.5, 0.6) is 0 Å². The summed E-state index contributed by atoms with van der Waals surface area (Å²) in [7, 11) is 0. The molecule has 184 valence electrons. The third kappa shape index (κ3) is 35.6. The predicted molar refractivity (Wildman–Crippen MR) is 134 cm³/mol. The molecule has 1 unspecified atom stereocenters. The normalized spacial score (nSPS) is 13.7. The van der Waals surface area contributed by atoms with Gasteiger partial charge in [0.05, 0.1) is 0 Å². The Bertz CT molecular complexity index is 442. The van der Waals surface area contributed by atoms with Gasteiger partial charge < -0.3 is 16.6 Å². The van der Waals surface area contributed by atoms with Gasteiger partial charge in [-0.2, -0.15) is 20.8 Å². The zero-order valence-corrected chi connectivity index (χ0v) is 25.6. The van der Waals surface area contributed by atoms with Crippen molar-refractivity contribution < 1.29 is 18.2 Å². The molecule has 0 aliphatic carbocycles. The van der Waals surface area contributed by atoms with Crippen LogP contribution in [0, 0.1) is 11.8 Å². The van der Waals surface area contributed by atoms with Crippen LogP contribution in [-0.2, 0) is 18.2 Å². The fourth-order valence-electron chi connectivity index (χ4n) is 1.55. The average Bonchev–Trinajstić information content (AvgIpc) is 2.39. The fraction of sp³-hybridized carbons (Fsp3) is 0.960. The van der Waals surface area contributed by atoms with Gasteiger partial charge in [-0.1, -0.05) is 67.7 Å². The van der Waals surface area contributed by atoms with Crippen LogP contribution in [0.4, 0.5) is 0 Å². The monoisotopic (exact) mass is 509 g/mol. The Labute approximate surface area is 199 Å². The summed E-state index contributed by atoms with van der Waals surface area (Å²) in [5.41, 5.74) is 0.222. The van der Waals surface area contributed by atoms with Crippen LogP contribution in [0.15, 0.2) is 6.99 Å². The van der Waals surface area contributed by atoms with Gasteiger partial charge in [-0.3, -0.25) is 0 Å². The molecule has 0 aromatic carbocycles. The number of nitrogens with zero attached hydrogens (tertiary/aromatic N) is 4. The van der Waals surface area contributed by atoms with Gasteiger partial charge >= 0.3 is 77.8 Å². The summed E-state index contributed by atoms with van der Waals surface area (Å²) in [4.78, 5) is 0. The molecule has 0 amide bonds. The van der Waals surface area contributed by atoms with E-state index in [1.807, 2.05) is 0 Å². The van der Waals surface area contributed by atoms with Crippen LogP contribution in [-0.4, -0.2) is 28.3 Å². The summed E-state index contributed by atoms with van der Waals surface area (Å²) in [5.74, 6) is 1.95. The second kappa shape index (κ2) is 15.1. The molecule has 0 heterocycles. The first-order valence-electron chi connectivity index (χ1n) is 11.3. The summed E-state index contributed by atoms with van der Waals surface area (Å²) >= 11 is -0.473. The topological polar surface area (TPSA) is 52.9 Å². The first-order chi connectivity index (χ1) is 13.0. The minimum Gasteiger partial charge on any atom is -0.673 e. The largest absolute Gasteiger partial charge is 0.673 e. The molecule has 0 radical (unpaired) electrons. The van der Waals surface area contributed by atoms with Crippen LogP contribution in [0.3, 0.4) is 0 Å². The third-order valence-corrected chi connectivity index (χ3v) is 5.92. The first kappa shape index (κ1) is 34.8. The zero-order chi connectivity index (χ0) is 25.0. The summed E-state index contributed by atoms with van der Waals surface area (Å²) in [6.07, 6.45) is 1.26. The quantitative estimate of drug-likeness (QED) is 0.269. The Morgan fingerprint density at radius 1 is 0.700 bits per heavy atom. The molecule has 1 atom stereocenters. The van der Waals surface area contributed by atoms with Gasteiger partial charge in [0.2, 0.25) is 0 Å². The fourth-order valence-corrected chi connectivity index (χ4v) is 2.86. The smallest absolute Gasteiger partial charge is 0.0566 e. The van der Waals surface area contributed by atoms with E-state index in [0.29, 0.717) is 5.92 Å². The van der Waals surface area contributed by atoms with Crippen molar-refractivity contribution in [2.75, 3.05) is 0 Å². The van der Waals surface area contributed by atoms with Gasteiger partial charge in [-0.25, -0.2) is 6.17 Å². The number of hydrogen-bond donors (Lipinski definition) is 0. The van der Waals surface area contributed by atoms with Crippen molar-refractivity contribution in [2.24, 2.45) is 12.9 Å². The van der Waals surface area contributed by atoms with E-state index in [4.69, 9.17) is 10.6 Å². The maximum Gasteiger partial charge on any atom is -0.0566 e. The summed E-state index contributed by atoms with van der Waals surface area (Å²) < 4.78 is 9.01. The first-order valence-corrected chi connectivity index (χ1v) is 13.1. The molecular weight excluding hydrogens is 452 g/mol. The number of rotatable bonds is 4. The molecule has 0 bridgehead atoms. The molecule has 0 spiro atoms. The van der Waals surface area contributed by atoms with Crippen LogP contribution in [0.1, 0.15) is 124 Å². The van der Waals surface area contributed by atoms with Crippen LogP contribution in [0.25, 0.3) is 10.6 Å². The minimum atomic E-state index is -0.473. The minimum absolute atomic E-state index is 0.00282. The SMILES string of the molecule is CC(C)(C)[N]=[Mo]=[N]C(C)(C)C.CCC(C)C([N-]C(C)(C)C)[N-]C(C)(C)C.C[C-](C)C. The summed E-state index contributed by atoms with van der Waals surface area (Å²) in [5, 5.41) is 9.60. The van der Waals surface area contributed by atoms with Gasteiger partial charge in [0, 0.05) is 0 Å². The molecule has 0 fully saturated rings. The van der Waals surface area contributed by atoms with Crippen LogP contribution in [0.2, 0.25) is 0 Å². The van der Waals surface area contributed by atoms with Crippen molar-refractivity contribution in [3.63, 3.8) is 0 Å². The number of hydrogen-bond acceptors (Lipinski definition) is 2. The van der Waals surface area contributed by atoms with Gasteiger partial charge in [-0.15, -0.1) is 11.1 Å². The van der Waals surface area contributed by atoms with Crippen molar-refractivity contribution in [2.45, 2.75) is 152 Å². The Hall–Kier alpha value is 0.208. The molecule has 5 heteroatoms. The maximum absolute atomic E-state index is 4.80. The Balaban J connectivity index is -0.000000425. The average molecular weight is 508 g/mol. The van der Waals surface area contributed by atoms with E-state index in [1.54, 1.807) is 0 Å². The summed E-state index contributed by atoms with van der Waals surface area (Å²) in [6.45, 7) is 36.2. The maximum atomic E-state index is 4.80. The molecule has 0 saturated heterocycles. The molecule has 0 aromatic heterocycles. The molecule has 0 N–H and O–H groups in total. The second-order valence-electron chi connectivity index (χ2n) is 12.5. The van der Waals surface area contributed by atoms with Crippen LogP contribution >= 0.6 is 0 Å². The Morgan fingerprint density at radius 2 is 0.967 bits per heavy atom. The van der Waals surface area contributed by atoms with Crippen molar-refractivity contribution in [1.82, 2.24) is 0 Å². The second-order valence-corrected chi connectivity index (χ2v) is 13.8. The standard InChI is InChI=1S/C13H28N2.2C4H9N.C4H9.Mo/c1-9-10(2)11(14-12(3,4)5)15-13(6,7)8;2*1-4(2,3)5;1-4(2)3;/h10-11H,9H2,1-8H3;2*1-3H3;1-3H3;/q-2;;;-1;. The van der Waals surface area contributed by atoms with Gasteiger partial charge in [0.1, 0.15) is 0 Å². The third-order valence-electron chi connectivity index (χ3n) is 2.82. The van der Waals surface area contributed by atoms with E-state index in [1.165, 1.54) is 5.92 Å². The van der Waals surface area contributed by atoms with Crippen molar-refractivity contribution in [1.29, 1.82) is 0 Å². The zero-order valence-electron chi connectivity index (χ0n) is 23.6. The molecule has 0 aromatic rings.